The molecule has 1 N–H and O–H groups in total. The van der Waals surface area contributed by atoms with Gasteiger partial charge in [-0.05, 0) is 67.1 Å². The van der Waals surface area contributed by atoms with E-state index >= 15 is 0 Å². The van der Waals surface area contributed by atoms with E-state index in [0.717, 1.165) is 51.0 Å². The number of anilines is 1. The summed E-state index contributed by atoms with van der Waals surface area (Å²) in [7, 11) is 0.392. The Morgan fingerprint density at radius 1 is 0.932 bits per heavy atom. The predicted molar refractivity (Wildman–Crippen MR) is 174 cm³/mol. The van der Waals surface area contributed by atoms with Gasteiger partial charge in [-0.25, -0.2) is 4.31 Å². The largest absolute Gasteiger partial charge is 0.497 e. The number of nitrogens with zero attached hydrogens (tertiary/aromatic N) is 3. The van der Waals surface area contributed by atoms with E-state index in [9.17, 15) is 18.0 Å². The molecule has 1 atom stereocenters. The van der Waals surface area contributed by atoms with E-state index in [1.54, 1.807) is 13.2 Å². The molecular formula is C34H44N4O5S. The summed E-state index contributed by atoms with van der Waals surface area (Å²) in [6.07, 6.45) is 4.17. The molecular weight excluding hydrogens is 576 g/mol. The SMILES string of the molecule is COc1cccc(CN(C(=O)CN(c2cc(C)ccc2C)S(=O)(=O)N(C)C)[C@@H](Cc2ccccc2)C(=O)NC2CCCC2)c1. The molecule has 0 aliphatic heterocycles. The van der Waals surface area contributed by atoms with Crippen molar-refractivity contribution in [1.29, 1.82) is 0 Å². The Balaban J connectivity index is 1.79. The number of methoxy groups -OCH3 is 1. The van der Waals surface area contributed by atoms with E-state index in [1.165, 1.54) is 19.0 Å². The van der Waals surface area contributed by atoms with Crippen LogP contribution in [0.1, 0.15) is 47.9 Å². The third-order valence-corrected chi connectivity index (χ3v) is 9.92. The van der Waals surface area contributed by atoms with Gasteiger partial charge in [0.15, 0.2) is 0 Å². The van der Waals surface area contributed by atoms with Crippen LogP contribution >= 0.6 is 0 Å². The zero-order valence-corrected chi connectivity index (χ0v) is 27.1. The third-order valence-electron chi connectivity index (χ3n) is 8.11. The second-order valence-electron chi connectivity index (χ2n) is 11.7. The topological polar surface area (TPSA) is 99.3 Å². The molecule has 44 heavy (non-hydrogen) atoms. The molecule has 1 aliphatic rings. The van der Waals surface area contributed by atoms with Crippen LogP contribution in [0.4, 0.5) is 5.69 Å². The lowest BCUT2D eigenvalue weighted by Crippen LogP contribution is -2.55. The van der Waals surface area contributed by atoms with Gasteiger partial charge in [-0.1, -0.05) is 67.4 Å². The molecule has 0 saturated heterocycles. The fourth-order valence-corrected chi connectivity index (χ4v) is 6.69. The molecule has 1 saturated carbocycles. The molecule has 0 bridgehead atoms. The molecule has 0 aromatic heterocycles. The lowest BCUT2D eigenvalue weighted by atomic mass is 10.0. The lowest BCUT2D eigenvalue weighted by molar-refractivity contribution is -0.140. The van der Waals surface area contributed by atoms with Gasteiger partial charge in [-0.3, -0.25) is 9.59 Å². The van der Waals surface area contributed by atoms with Crippen molar-refractivity contribution >= 4 is 27.7 Å². The standard InChI is InChI=1S/C34H44N4O5S/c1-25-18-19-26(2)31(20-25)38(44(41,42)36(3)4)24-33(39)37(23-28-14-11-17-30(21-28)43-5)32(22-27-12-7-6-8-13-27)34(40)35-29-15-9-10-16-29/h6-8,11-14,17-21,29,32H,9-10,15-16,22-24H2,1-5H3,(H,35,40)/t32-/m0/s1. The maximum atomic E-state index is 14.5. The van der Waals surface area contributed by atoms with Gasteiger partial charge in [0.1, 0.15) is 18.3 Å². The van der Waals surface area contributed by atoms with E-state index in [4.69, 9.17) is 4.74 Å². The van der Waals surface area contributed by atoms with Crippen molar-refractivity contribution in [3.8, 4) is 5.75 Å². The predicted octanol–water partition coefficient (Wildman–Crippen LogP) is 4.62. The monoisotopic (exact) mass is 620 g/mol. The van der Waals surface area contributed by atoms with Crippen LogP contribution in [0.5, 0.6) is 5.75 Å². The Morgan fingerprint density at radius 2 is 1.61 bits per heavy atom. The summed E-state index contributed by atoms with van der Waals surface area (Å²) in [5.74, 6) is -0.107. The maximum absolute atomic E-state index is 14.5. The number of rotatable bonds is 13. The van der Waals surface area contributed by atoms with Crippen molar-refractivity contribution < 1.29 is 22.7 Å². The van der Waals surface area contributed by atoms with Crippen molar-refractivity contribution in [1.82, 2.24) is 14.5 Å². The molecule has 1 aliphatic carbocycles. The summed E-state index contributed by atoms with van der Waals surface area (Å²) in [5.41, 5.74) is 3.66. The Labute approximate surface area is 262 Å². The first-order valence-corrected chi connectivity index (χ1v) is 16.4. The quantitative estimate of drug-likeness (QED) is 0.301. The Hall–Kier alpha value is -3.89. The normalized spacial score (nSPS) is 14.3. The van der Waals surface area contributed by atoms with E-state index in [1.807, 2.05) is 80.6 Å². The average Bonchev–Trinajstić information content (AvgIpc) is 3.52. The first-order valence-electron chi connectivity index (χ1n) is 15.0. The van der Waals surface area contributed by atoms with E-state index in [-0.39, 0.29) is 24.9 Å². The molecule has 1 fully saturated rings. The van der Waals surface area contributed by atoms with Crippen LogP contribution in [0.3, 0.4) is 0 Å². The highest BCUT2D eigenvalue weighted by Crippen LogP contribution is 2.27. The molecule has 0 radical (unpaired) electrons. The summed E-state index contributed by atoms with van der Waals surface area (Å²) in [5, 5.41) is 3.20. The second kappa shape index (κ2) is 14.7. The van der Waals surface area contributed by atoms with Crippen LogP contribution in [0.25, 0.3) is 0 Å². The first kappa shape index (κ1) is 33.0. The Bertz CT molecular complexity index is 1540. The summed E-state index contributed by atoms with van der Waals surface area (Å²) < 4.78 is 35.1. The van der Waals surface area contributed by atoms with Crippen molar-refractivity contribution in [3.63, 3.8) is 0 Å². The number of amides is 2. The zero-order valence-electron chi connectivity index (χ0n) is 26.3. The highest BCUT2D eigenvalue weighted by atomic mass is 32.2. The summed E-state index contributed by atoms with van der Waals surface area (Å²) in [4.78, 5) is 30.1. The fourth-order valence-electron chi connectivity index (χ4n) is 5.58. The van der Waals surface area contributed by atoms with Crippen LogP contribution < -0.4 is 14.4 Å². The molecule has 0 spiro atoms. The number of nitrogens with one attached hydrogen (secondary N) is 1. The van der Waals surface area contributed by atoms with Crippen LogP contribution in [-0.2, 0) is 32.8 Å². The molecule has 9 nitrogen and oxygen atoms in total. The van der Waals surface area contributed by atoms with Gasteiger partial charge >= 0.3 is 10.2 Å². The molecule has 3 aromatic rings. The van der Waals surface area contributed by atoms with E-state index < -0.39 is 28.7 Å². The van der Waals surface area contributed by atoms with Crippen molar-refractivity contribution in [3.05, 3.63) is 95.1 Å². The van der Waals surface area contributed by atoms with Gasteiger partial charge in [-0.2, -0.15) is 12.7 Å². The maximum Gasteiger partial charge on any atom is 0.304 e. The smallest absolute Gasteiger partial charge is 0.304 e. The average molecular weight is 621 g/mol. The summed E-state index contributed by atoms with van der Waals surface area (Å²) >= 11 is 0. The van der Waals surface area contributed by atoms with Crippen LogP contribution in [0.15, 0.2) is 72.8 Å². The molecule has 3 aromatic carbocycles. The Morgan fingerprint density at radius 3 is 2.27 bits per heavy atom. The zero-order chi connectivity index (χ0) is 31.9. The molecule has 2 amide bonds. The van der Waals surface area contributed by atoms with Gasteiger partial charge in [0, 0.05) is 33.1 Å². The second-order valence-corrected chi connectivity index (χ2v) is 13.7. The highest BCUT2D eigenvalue weighted by Gasteiger charge is 2.36. The van der Waals surface area contributed by atoms with Gasteiger partial charge < -0.3 is 15.0 Å². The van der Waals surface area contributed by atoms with Gasteiger partial charge in [-0.15, -0.1) is 0 Å². The van der Waals surface area contributed by atoms with Crippen molar-refractivity contribution in [2.24, 2.45) is 0 Å². The first-order chi connectivity index (χ1) is 21.0. The number of hydrogen-bond acceptors (Lipinski definition) is 5. The van der Waals surface area contributed by atoms with Gasteiger partial charge in [0.05, 0.1) is 12.8 Å². The van der Waals surface area contributed by atoms with Gasteiger partial charge in [0.25, 0.3) is 0 Å². The Kier molecular flexibility index (Phi) is 11.0. The molecule has 0 heterocycles. The highest BCUT2D eigenvalue weighted by molar-refractivity contribution is 7.90. The molecule has 10 heteroatoms. The number of benzene rings is 3. The number of ether oxygens (including phenoxy) is 1. The third kappa shape index (κ3) is 8.18. The van der Waals surface area contributed by atoms with Crippen molar-refractivity contribution in [2.45, 2.75) is 64.6 Å². The summed E-state index contributed by atoms with van der Waals surface area (Å²) in [6.45, 7) is 3.31. The minimum absolute atomic E-state index is 0.0510. The van der Waals surface area contributed by atoms with Crippen LogP contribution in [-0.4, -0.2) is 69.3 Å². The van der Waals surface area contributed by atoms with Crippen LogP contribution in [0, 0.1) is 13.8 Å². The summed E-state index contributed by atoms with van der Waals surface area (Å²) in [6, 6.07) is 21.6. The van der Waals surface area contributed by atoms with E-state index in [2.05, 4.69) is 5.32 Å². The number of hydrogen-bond donors (Lipinski definition) is 1. The minimum Gasteiger partial charge on any atom is -0.497 e. The fraction of sp³-hybridized carbons (Fsp3) is 0.412. The number of carbonyl (C=O) groups is 2. The molecule has 4 rings (SSSR count). The van der Waals surface area contributed by atoms with E-state index in [0.29, 0.717) is 17.0 Å². The van der Waals surface area contributed by atoms with Crippen molar-refractivity contribution in [2.75, 3.05) is 32.1 Å². The molecule has 236 valence electrons. The van der Waals surface area contributed by atoms with Gasteiger partial charge in [0.2, 0.25) is 11.8 Å². The lowest BCUT2D eigenvalue weighted by Gasteiger charge is -2.35. The minimum atomic E-state index is -4.07. The number of carbonyl (C=O) groups excluding carboxylic acids is 2. The van der Waals surface area contributed by atoms with Crippen LogP contribution in [0.2, 0.25) is 0 Å². The number of aryl methyl sites for hydroxylation is 2. The molecule has 0 unspecified atom stereocenters.